The summed E-state index contributed by atoms with van der Waals surface area (Å²) in [6, 6.07) is 0. The molecule has 0 heterocycles. The smallest absolute Gasteiger partial charge is 0.306 e. The van der Waals surface area contributed by atoms with E-state index in [1.165, 1.54) is 26.4 Å². The van der Waals surface area contributed by atoms with E-state index < -0.39 is 0 Å². The van der Waals surface area contributed by atoms with Crippen molar-refractivity contribution in [3.05, 3.63) is 0 Å². The Labute approximate surface area is 79.8 Å². The molecular formula is C10H19NO2. The molecule has 1 aliphatic rings. The SMILES string of the molecule is CCC1(NCCC(=O)OC)CCC1. The summed E-state index contributed by atoms with van der Waals surface area (Å²) in [5.41, 5.74) is 0.341. The van der Waals surface area contributed by atoms with Gasteiger partial charge in [-0.05, 0) is 25.7 Å². The number of methoxy groups -OCH3 is 1. The number of rotatable bonds is 5. The van der Waals surface area contributed by atoms with Crippen molar-refractivity contribution in [2.75, 3.05) is 13.7 Å². The quantitative estimate of drug-likeness (QED) is 0.659. The molecule has 1 fully saturated rings. The van der Waals surface area contributed by atoms with Gasteiger partial charge in [-0.2, -0.15) is 0 Å². The number of nitrogens with one attached hydrogen (secondary N) is 1. The molecule has 0 atom stereocenters. The lowest BCUT2D eigenvalue weighted by molar-refractivity contribution is -0.140. The minimum absolute atomic E-state index is 0.127. The van der Waals surface area contributed by atoms with Crippen molar-refractivity contribution in [1.82, 2.24) is 5.32 Å². The molecule has 1 N–H and O–H groups in total. The number of carbonyl (C=O) groups is 1. The topological polar surface area (TPSA) is 38.3 Å². The Kier molecular flexibility index (Phi) is 3.72. The molecule has 0 saturated heterocycles. The minimum atomic E-state index is -0.127. The average Bonchev–Trinajstić information content (AvgIpc) is 2.09. The maximum atomic E-state index is 10.8. The summed E-state index contributed by atoms with van der Waals surface area (Å²) < 4.78 is 4.57. The van der Waals surface area contributed by atoms with Crippen LogP contribution >= 0.6 is 0 Å². The Hall–Kier alpha value is -0.570. The predicted molar refractivity (Wildman–Crippen MR) is 51.5 cm³/mol. The lowest BCUT2D eigenvalue weighted by Gasteiger charge is -2.42. The Morgan fingerprint density at radius 2 is 2.23 bits per heavy atom. The van der Waals surface area contributed by atoms with Crippen LogP contribution in [0.2, 0.25) is 0 Å². The van der Waals surface area contributed by atoms with Crippen molar-refractivity contribution in [3.8, 4) is 0 Å². The van der Waals surface area contributed by atoms with Gasteiger partial charge in [-0.15, -0.1) is 0 Å². The maximum absolute atomic E-state index is 10.8. The first-order valence-electron chi connectivity index (χ1n) is 5.04. The fourth-order valence-electron chi connectivity index (χ4n) is 1.79. The first-order chi connectivity index (χ1) is 6.22. The highest BCUT2D eigenvalue weighted by Gasteiger charge is 2.34. The lowest BCUT2D eigenvalue weighted by atomic mass is 9.75. The van der Waals surface area contributed by atoms with Crippen molar-refractivity contribution in [2.45, 2.75) is 44.6 Å². The zero-order valence-electron chi connectivity index (χ0n) is 8.56. The number of hydrogen-bond acceptors (Lipinski definition) is 3. The molecule has 13 heavy (non-hydrogen) atoms. The van der Waals surface area contributed by atoms with Crippen LogP contribution in [0.25, 0.3) is 0 Å². The van der Waals surface area contributed by atoms with Gasteiger partial charge in [0.15, 0.2) is 0 Å². The largest absolute Gasteiger partial charge is 0.469 e. The predicted octanol–water partition coefficient (Wildman–Crippen LogP) is 1.47. The van der Waals surface area contributed by atoms with E-state index in [1.807, 2.05) is 0 Å². The molecule has 3 heteroatoms. The molecule has 1 rings (SSSR count). The van der Waals surface area contributed by atoms with Crippen LogP contribution < -0.4 is 5.32 Å². The van der Waals surface area contributed by atoms with Gasteiger partial charge in [0.2, 0.25) is 0 Å². The maximum Gasteiger partial charge on any atom is 0.306 e. The Morgan fingerprint density at radius 3 is 2.62 bits per heavy atom. The Bertz CT molecular complexity index is 170. The van der Waals surface area contributed by atoms with Crippen molar-refractivity contribution in [2.24, 2.45) is 0 Å². The van der Waals surface area contributed by atoms with Gasteiger partial charge in [-0.25, -0.2) is 0 Å². The third kappa shape index (κ3) is 2.69. The van der Waals surface area contributed by atoms with Crippen LogP contribution in [0.4, 0.5) is 0 Å². The summed E-state index contributed by atoms with van der Waals surface area (Å²) in [4.78, 5) is 10.8. The third-order valence-corrected chi connectivity index (χ3v) is 3.04. The van der Waals surface area contributed by atoms with E-state index in [1.54, 1.807) is 0 Å². The summed E-state index contributed by atoms with van der Waals surface area (Å²) in [6.07, 6.45) is 5.47. The molecule has 1 saturated carbocycles. The Morgan fingerprint density at radius 1 is 1.54 bits per heavy atom. The average molecular weight is 185 g/mol. The van der Waals surface area contributed by atoms with Crippen LogP contribution in [0.15, 0.2) is 0 Å². The fourth-order valence-corrected chi connectivity index (χ4v) is 1.79. The Balaban J connectivity index is 2.14. The van der Waals surface area contributed by atoms with Gasteiger partial charge in [-0.1, -0.05) is 6.92 Å². The monoisotopic (exact) mass is 185 g/mol. The van der Waals surface area contributed by atoms with Crippen LogP contribution in [0.3, 0.4) is 0 Å². The molecule has 0 aromatic heterocycles. The number of carbonyl (C=O) groups excluding carboxylic acids is 1. The molecule has 0 bridgehead atoms. The standard InChI is InChI=1S/C10H19NO2/c1-3-10(6-4-7-10)11-8-5-9(12)13-2/h11H,3-8H2,1-2H3. The highest BCUT2D eigenvalue weighted by molar-refractivity contribution is 5.69. The summed E-state index contributed by atoms with van der Waals surface area (Å²) >= 11 is 0. The zero-order chi connectivity index (χ0) is 9.73. The second kappa shape index (κ2) is 4.61. The van der Waals surface area contributed by atoms with E-state index in [2.05, 4.69) is 17.0 Å². The number of ether oxygens (including phenoxy) is 1. The third-order valence-electron chi connectivity index (χ3n) is 3.04. The van der Waals surface area contributed by atoms with Crippen LogP contribution in [-0.2, 0) is 9.53 Å². The van der Waals surface area contributed by atoms with E-state index in [9.17, 15) is 4.79 Å². The summed E-state index contributed by atoms with van der Waals surface area (Å²) in [7, 11) is 1.43. The van der Waals surface area contributed by atoms with E-state index in [4.69, 9.17) is 0 Å². The summed E-state index contributed by atoms with van der Waals surface area (Å²) in [5, 5.41) is 3.45. The van der Waals surface area contributed by atoms with Crippen LogP contribution in [0.5, 0.6) is 0 Å². The van der Waals surface area contributed by atoms with Crippen molar-refractivity contribution in [3.63, 3.8) is 0 Å². The van der Waals surface area contributed by atoms with Crippen molar-refractivity contribution >= 4 is 5.97 Å². The van der Waals surface area contributed by atoms with E-state index in [0.717, 1.165) is 13.0 Å². The first kappa shape index (κ1) is 10.5. The van der Waals surface area contributed by atoms with Crippen molar-refractivity contribution in [1.29, 1.82) is 0 Å². The van der Waals surface area contributed by atoms with Gasteiger partial charge >= 0.3 is 5.97 Å². The molecule has 76 valence electrons. The van der Waals surface area contributed by atoms with Crippen molar-refractivity contribution < 1.29 is 9.53 Å². The summed E-state index contributed by atoms with van der Waals surface area (Å²) in [6.45, 7) is 2.95. The second-order valence-corrected chi connectivity index (χ2v) is 3.74. The highest BCUT2D eigenvalue weighted by Crippen LogP contribution is 2.34. The van der Waals surface area contributed by atoms with Gasteiger partial charge in [0.1, 0.15) is 0 Å². The molecular weight excluding hydrogens is 166 g/mol. The normalized spacial score (nSPS) is 19.2. The van der Waals surface area contributed by atoms with Gasteiger partial charge in [0.05, 0.1) is 13.5 Å². The molecule has 0 amide bonds. The van der Waals surface area contributed by atoms with Gasteiger partial charge in [-0.3, -0.25) is 4.79 Å². The molecule has 0 aliphatic heterocycles. The highest BCUT2D eigenvalue weighted by atomic mass is 16.5. The molecule has 0 unspecified atom stereocenters. The first-order valence-corrected chi connectivity index (χ1v) is 5.04. The van der Waals surface area contributed by atoms with Crippen LogP contribution in [0, 0.1) is 0 Å². The molecule has 0 spiro atoms. The molecule has 0 aromatic carbocycles. The van der Waals surface area contributed by atoms with E-state index in [0.29, 0.717) is 12.0 Å². The van der Waals surface area contributed by atoms with Crippen LogP contribution in [-0.4, -0.2) is 25.2 Å². The number of esters is 1. The second-order valence-electron chi connectivity index (χ2n) is 3.74. The summed E-state index contributed by atoms with van der Waals surface area (Å²) in [5.74, 6) is -0.127. The fraction of sp³-hybridized carbons (Fsp3) is 0.900. The molecule has 3 nitrogen and oxygen atoms in total. The molecule has 0 aromatic rings. The van der Waals surface area contributed by atoms with Gasteiger partial charge in [0, 0.05) is 12.1 Å². The zero-order valence-corrected chi connectivity index (χ0v) is 8.56. The lowest BCUT2D eigenvalue weighted by Crippen LogP contribution is -2.50. The van der Waals surface area contributed by atoms with E-state index in [-0.39, 0.29) is 5.97 Å². The van der Waals surface area contributed by atoms with Gasteiger partial charge < -0.3 is 10.1 Å². The molecule has 0 radical (unpaired) electrons. The van der Waals surface area contributed by atoms with Crippen LogP contribution in [0.1, 0.15) is 39.0 Å². The van der Waals surface area contributed by atoms with Gasteiger partial charge in [0.25, 0.3) is 0 Å². The number of hydrogen-bond donors (Lipinski definition) is 1. The minimum Gasteiger partial charge on any atom is -0.469 e. The van der Waals surface area contributed by atoms with E-state index >= 15 is 0 Å². The molecule has 1 aliphatic carbocycles.